The number of thiophene rings is 1. The van der Waals surface area contributed by atoms with Gasteiger partial charge in [0.1, 0.15) is 0 Å². The molecule has 1 fully saturated rings. The van der Waals surface area contributed by atoms with Crippen molar-refractivity contribution in [2.45, 2.75) is 46.1 Å². The third-order valence-corrected chi connectivity index (χ3v) is 4.95. The zero-order chi connectivity index (χ0) is 12.8. The fourth-order valence-corrected chi connectivity index (χ4v) is 3.58. The van der Waals surface area contributed by atoms with Crippen LogP contribution < -0.4 is 5.32 Å². The number of nitrogens with zero attached hydrogens (tertiary/aromatic N) is 1. The highest BCUT2D eigenvalue weighted by Crippen LogP contribution is 2.20. The zero-order valence-corrected chi connectivity index (χ0v) is 12.6. The maximum absolute atomic E-state index is 3.57. The molecule has 1 aromatic heterocycles. The Morgan fingerprint density at radius 1 is 1.22 bits per heavy atom. The minimum atomic E-state index is 1.04. The Labute approximate surface area is 115 Å². The maximum Gasteiger partial charge on any atom is 0.0299 e. The standard InChI is InChI=1S/C15H26N2S/c1-13-11-15(18-14(13)2)12-16-7-6-10-17-8-4-3-5-9-17/h11,16H,3-10,12H2,1-2H3. The van der Waals surface area contributed by atoms with Crippen molar-refractivity contribution >= 4 is 11.3 Å². The first kappa shape index (κ1) is 14.0. The van der Waals surface area contributed by atoms with Crippen molar-refractivity contribution < 1.29 is 0 Å². The quantitative estimate of drug-likeness (QED) is 0.795. The molecule has 0 unspecified atom stereocenters. The van der Waals surface area contributed by atoms with E-state index in [4.69, 9.17) is 0 Å². The van der Waals surface area contributed by atoms with Crippen LogP contribution in [0.15, 0.2) is 6.07 Å². The molecule has 102 valence electrons. The summed E-state index contributed by atoms with van der Waals surface area (Å²) >= 11 is 1.93. The number of rotatable bonds is 6. The molecule has 0 aliphatic carbocycles. The number of aryl methyl sites for hydroxylation is 2. The molecule has 1 saturated heterocycles. The lowest BCUT2D eigenvalue weighted by Crippen LogP contribution is -2.32. The van der Waals surface area contributed by atoms with E-state index in [2.05, 4.69) is 30.1 Å². The number of hydrogen-bond donors (Lipinski definition) is 1. The first-order valence-electron chi connectivity index (χ1n) is 7.24. The van der Waals surface area contributed by atoms with E-state index in [1.165, 1.54) is 60.6 Å². The van der Waals surface area contributed by atoms with Crippen molar-refractivity contribution in [2.24, 2.45) is 0 Å². The molecule has 0 spiro atoms. The van der Waals surface area contributed by atoms with Gasteiger partial charge in [0.25, 0.3) is 0 Å². The molecule has 0 bridgehead atoms. The average Bonchev–Trinajstić information content (AvgIpc) is 2.70. The van der Waals surface area contributed by atoms with Gasteiger partial charge in [-0.05, 0) is 70.9 Å². The summed E-state index contributed by atoms with van der Waals surface area (Å²) in [6.07, 6.45) is 5.53. The zero-order valence-electron chi connectivity index (χ0n) is 11.8. The molecule has 2 rings (SSSR count). The van der Waals surface area contributed by atoms with E-state index < -0.39 is 0 Å². The summed E-state index contributed by atoms with van der Waals surface area (Å²) in [5.41, 5.74) is 1.44. The van der Waals surface area contributed by atoms with E-state index in [1.54, 1.807) is 0 Å². The smallest absolute Gasteiger partial charge is 0.0299 e. The Bertz CT molecular complexity index is 334. The summed E-state index contributed by atoms with van der Waals surface area (Å²) in [6.45, 7) is 10.5. The van der Waals surface area contributed by atoms with Crippen LogP contribution in [0, 0.1) is 13.8 Å². The minimum absolute atomic E-state index is 1.04. The van der Waals surface area contributed by atoms with Gasteiger partial charge in [-0.15, -0.1) is 11.3 Å². The molecule has 1 aromatic rings. The van der Waals surface area contributed by atoms with Crippen molar-refractivity contribution in [1.82, 2.24) is 10.2 Å². The van der Waals surface area contributed by atoms with Crippen LogP contribution in [-0.2, 0) is 6.54 Å². The van der Waals surface area contributed by atoms with Crippen LogP contribution in [0.1, 0.15) is 41.0 Å². The van der Waals surface area contributed by atoms with E-state index in [0.29, 0.717) is 0 Å². The van der Waals surface area contributed by atoms with Crippen LogP contribution in [0.3, 0.4) is 0 Å². The van der Waals surface area contributed by atoms with Crippen LogP contribution in [0.2, 0.25) is 0 Å². The van der Waals surface area contributed by atoms with Gasteiger partial charge in [0.15, 0.2) is 0 Å². The third kappa shape index (κ3) is 4.38. The van der Waals surface area contributed by atoms with Crippen molar-refractivity contribution in [2.75, 3.05) is 26.2 Å². The fourth-order valence-electron chi connectivity index (χ4n) is 2.56. The highest BCUT2D eigenvalue weighted by Gasteiger charge is 2.08. The lowest BCUT2D eigenvalue weighted by molar-refractivity contribution is 0.226. The number of likely N-dealkylation sites (tertiary alicyclic amines) is 1. The second-order valence-electron chi connectivity index (χ2n) is 5.38. The fraction of sp³-hybridized carbons (Fsp3) is 0.733. The topological polar surface area (TPSA) is 15.3 Å². The van der Waals surface area contributed by atoms with Crippen molar-refractivity contribution in [3.8, 4) is 0 Å². The predicted octanol–water partition coefficient (Wildman–Crippen LogP) is 3.33. The molecule has 2 heterocycles. The van der Waals surface area contributed by atoms with E-state index in [9.17, 15) is 0 Å². The lowest BCUT2D eigenvalue weighted by Gasteiger charge is -2.26. The van der Waals surface area contributed by atoms with Gasteiger partial charge in [-0.1, -0.05) is 6.42 Å². The van der Waals surface area contributed by atoms with Crippen LogP contribution >= 0.6 is 11.3 Å². The number of hydrogen-bond acceptors (Lipinski definition) is 3. The lowest BCUT2D eigenvalue weighted by atomic mass is 10.1. The Kier molecular flexibility index (Phi) is 5.67. The maximum atomic E-state index is 3.57. The van der Waals surface area contributed by atoms with E-state index in [1.807, 2.05) is 11.3 Å². The first-order chi connectivity index (χ1) is 8.75. The summed E-state index contributed by atoms with van der Waals surface area (Å²) in [5, 5.41) is 3.57. The molecule has 2 nitrogen and oxygen atoms in total. The second kappa shape index (κ2) is 7.27. The largest absolute Gasteiger partial charge is 0.312 e. The Morgan fingerprint density at radius 2 is 2.00 bits per heavy atom. The van der Waals surface area contributed by atoms with Crippen LogP contribution in [0.25, 0.3) is 0 Å². The highest BCUT2D eigenvalue weighted by atomic mass is 32.1. The van der Waals surface area contributed by atoms with Crippen molar-refractivity contribution in [1.29, 1.82) is 0 Å². The van der Waals surface area contributed by atoms with E-state index >= 15 is 0 Å². The summed E-state index contributed by atoms with van der Waals surface area (Å²) in [7, 11) is 0. The summed E-state index contributed by atoms with van der Waals surface area (Å²) in [4.78, 5) is 5.55. The molecule has 0 atom stereocenters. The minimum Gasteiger partial charge on any atom is -0.312 e. The van der Waals surface area contributed by atoms with Crippen LogP contribution in [0.5, 0.6) is 0 Å². The van der Waals surface area contributed by atoms with Crippen molar-refractivity contribution in [3.63, 3.8) is 0 Å². The molecular formula is C15H26N2S. The third-order valence-electron chi connectivity index (χ3n) is 3.79. The Hall–Kier alpha value is -0.380. The molecule has 0 amide bonds. The van der Waals surface area contributed by atoms with E-state index in [0.717, 1.165) is 13.1 Å². The molecule has 1 aliphatic heterocycles. The average molecular weight is 266 g/mol. The first-order valence-corrected chi connectivity index (χ1v) is 8.06. The van der Waals surface area contributed by atoms with E-state index in [-0.39, 0.29) is 0 Å². The predicted molar refractivity (Wildman–Crippen MR) is 80.4 cm³/mol. The summed E-state index contributed by atoms with van der Waals surface area (Å²) in [6, 6.07) is 2.32. The van der Waals surface area contributed by atoms with Gasteiger partial charge in [0.2, 0.25) is 0 Å². The second-order valence-corrected chi connectivity index (χ2v) is 6.73. The van der Waals surface area contributed by atoms with Gasteiger partial charge in [0.05, 0.1) is 0 Å². The molecule has 0 saturated carbocycles. The molecule has 18 heavy (non-hydrogen) atoms. The summed E-state index contributed by atoms with van der Waals surface area (Å²) in [5.74, 6) is 0. The van der Waals surface area contributed by atoms with Gasteiger partial charge in [-0.3, -0.25) is 0 Å². The van der Waals surface area contributed by atoms with Crippen molar-refractivity contribution in [3.05, 3.63) is 21.4 Å². The van der Waals surface area contributed by atoms with Gasteiger partial charge >= 0.3 is 0 Å². The Morgan fingerprint density at radius 3 is 2.67 bits per heavy atom. The number of nitrogens with one attached hydrogen (secondary N) is 1. The molecule has 1 aliphatic rings. The molecular weight excluding hydrogens is 240 g/mol. The van der Waals surface area contributed by atoms with Crippen LogP contribution in [0.4, 0.5) is 0 Å². The number of piperidine rings is 1. The molecule has 1 N–H and O–H groups in total. The summed E-state index contributed by atoms with van der Waals surface area (Å²) < 4.78 is 0. The monoisotopic (exact) mass is 266 g/mol. The van der Waals surface area contributed by atoms with Gasteiger partial charge < -0.3 is 10.2 Å². The highest BCUT2D eigenvalue weighted by molar-refractivity contribution is 7.12. The SMILES string of the molecule is Cc1cc(CNCCCN2CCCCC2)sc1C. The van der Waals surface area contributed by atoms with Gasteiger partial charge in [0, 0.05) is 16.3 Å². The van der Waals surface area contributed by atoms with Gasteiger partial charge in [-0.2, -0.15) is 0 Å². The Balaban J connectivity index is 1.55. The molecule has 3 heteroatoms. The van der Waals surface area contributed by atoms with Crippen LogP contribution in [-0.4, -0.2) is 31.1 Å². The normalized spacial score (nSPS) is 17.2. The molecule has 0 radical (unpaired) electrons. The molecule has 0 aromatic carbocycles. The van der Waals surface area contributed by atoms with Gasteiger partial charge in [-0.25, -0.2) is 0 Å².